The molecule has 2 heterocycles. The smallest absolute Gasteiger partial charge is 0.306 e. The summed E-state index contributed by atoms with van der Waals surface area (Å²) in [5, 5.41) is 10.1. The molecule has 248 valence electrons. The monoisotopic (exact) mass is 609 g/mol. The molecule has 9 heteroatoms. The fraction of sp³-hybridized carbons (Fsp3) is 0.824. The average molecular weight is 610 g/mol. The number of ketones is 1. The van der Waals surface area contributed by atoms with Gasteiger partial charge < -0.3 is 33.7 Å². The van der Waals surface area contributed by atoms with E-state index in [0.717, 1.165) is 12.0 Å². The number of nitrogens with zero attached hydrogens (tertiary/aromatic N) is 1. The minimum Gasteiger partial charge on any atom is -0.462 e. The summed E-state index contributed by atoms with van der Waals surface area (Å²) in [6, 6.07) is 0.293. The second kappa shape index (κ2) is 18.4. The van der Waals surface area contributed by atoms with Crippen LogP contribution in [0.1, 0.15) is 80.1 Å². The Morgan fingerprint density at radius 2 is 1.74 bits per heavy atom. The van der Waals surface area contributed by atoms with Gasteiger partial charge in [-0.05, 0) is 71.5 Å². The Morgan fingerprint density at radius 1 is 1.07 bits per heavy atom. The van der Waals surface area contributed by atoms with Crippen molar-refractivity contribution in [3.63, 3.8) is 0 Å². The van der Waals surface area contributed by atoms with Gasteiger partial charge in [-0.3, -0.25) is 9.59 Å². The molecule has 0 aromatic carbocycles. The maximum atomic E-state index is 13.4. The number of aliphatic hydroxyl groups excluding tert-OH is 1. The standard InChI is InChI=1S/C34H59NO8/c1-11-30-27(20-36)16-21(2)12-14-29(37)23(4)17-26(19-32(39-9)40-10)33(22(3)13-15-31(38)42-30)43-34-25(6)28(35(7)8)18-24(5)41-34/h12,14,16,22-28,30,32-34,36H,11,13,15,17-20H2,1-10H3/t22-,23+,24?,25?,26+,27+,28?,30+,33+,34?/m0/s1. The van der Waals surface area contributed by atoms with E-state index in [2.05, 4.69) is 39.8 Å². The Morgan fingerprint density at radius 3 is 2.33 bits per heavy atom. The third-order valence-corrected chi connectivity index (χ3v) is 9.28. The van der Waals surface area contributed by atoms with Crippen molar-refractivity contribution < 1.29 is 38.4 Å². The summed E-state index contributed by atoms with van der Waals surface area (Å²) in [6.07, 6.45) is 6.92. The molecule has 0 radical (unpaired) electrons. The molecule has 0 bridgehead atoms. The fourth-order valence-electron chi connectivity index (χ4n) is 6.58. The van der Waals surface area contributed by atoms with Crippen LogP contribution in [0.2, 0.25) is 0 Å². The summed E-state index contributed by atoms with van der Waals surface area (Å²) in [4.78, 5) is 28.7. The first-order valence-electron chi connectivity index (χ1n) is 16.1. The minimum absolute atomic E-state index is 0.0187. The number of cyclic esters (lactones) is 1. The van der Waals surface area contributed by atoms with E-state index in [-0.39, 0.29) is 66.6 Å². The molecule has 2 aliphatic rings. The van der Waals surface area contributed by atoms with Crippen LogP contribution >= 0.6 is 0 Å². The number of esters is 1. The highest BCUT2D eigenvalue weighted by molar-refractivity contribution is 5.91. The molecule has 4 unspecified atom stereocenters. The maximum Gasteiger partial charge on any atom is 0.306 e. The highest BCUT2D eigenvalue weighted by Gasteiger charge is 2.41. The third-order valence-electron chi connectivity index (χ3n) is 9.28. The summed E-state index contributed by atoms with van der Waals surface area (Å²) in [7, 11) is 7.41. The SMILES string of the molecule is CC[C@H]1OC(=O)CC[C@H](C)[C@@H](OC2OC(C)CC(N(C)C)C2C)[C@@H](CC(OC)OC)C[C@@H](C)C(=O)C=CC(C)=C[C@@H]1CO. The van der Waals surface area contributed by atoms with Crippen molar-refractivity contribution >= 4 is 11.8 Å². The summed E-state index contributed by atoms with van der Waals surface area (Å²) < 4.78 is 30.5. The lowest BCUT2D eigenvalue weighted by molar-refractivity contribution is -0.265. The van der Waals surface area contributed by atoms with E-state index >= 15 is 0 Å². The van der Waals surface area contributed by atoms with Gasteiger partial charge in [-0.2, -0.15) is 0 Å². The van der Waals surface area contributed by atoms with Gasteiger partial charge in [-0.1, -0.05) is 45.4 Å². The highest BCUT2D eigenvalue weighted by Crippen LogP contribution is 2.36. The van der Waals surface area contributed by atoms with Crippen LogP contribution in [-0.4, -0.2) is 93.6 Å². The lowest BCUT2D eigenvalue weighted by Crippen LogP contribution is -2.51. The second-order valence-electron chi connectivity index (χ2n) is 13.0. The Bertz CT molecular complexity index is 916. The number of carbonyl (C=O) groups is 2. The maximum absolute atomic E-state index is 13.4. The summed E-state index contributed by atoms with van der Waals surface area (Å²) >= 11 is 0. The van der Waals surface area contributed by atoms with Crippen molar-refractivity contribution in [2.75, 3.05) is 34.9 Å². The van der Waals surface area contributed by atoms with Crippen molar-refractivity contribution in [2.45, 2.75) is 117 Å². The van der Waals surface area contributed by atoms with Gasteiger partial charge in [-0.15, -0.1) is 0 Å². The predicted octanol–water partition coefficient (Wildman–Crippen LogP) is 5.16. The van der Waals surface area contributed by atoms with Gasteiger partial charge in [0.15, 0.2) is 18.4 Å². The molecule has 0 amide bonds. The van der Waals surface area contributed by atoms with Gasteiger partial charge in [0.25, 0.3) is 0 Å². The van der Waals surface area contributed by atoms with Crippen LogP contribution in [0.15, 0.2) is 23.8 Å². The second-order valence-corrected chi connectivity index (χ2v) is 13.0. The fourth-order valence-corrected chi connectivity index (χ4v) is 6.58. The summed E-state index contributed by atoms with van der Waals surface area (Å²) in [5.74, 6) is -0.962. The van der Waals surface area contributed by atoms with Crippen LogP contribution in [0.25, 0.3) is 0 Å². The number of rotatable bonds is 9. The van der Waals surface area contributed by atoms with Crippen LogP contribution in [0.4, 0.5) is 0 Å². The van der Waals surface area contributed by atoms with Crippen molar-refractivity contribution in [1.29, 1.82) is 0 Å². The zero-order chi connectivity index (χ0) is 32.3. The molecule has 2 rings (SSSR count). The molecule has 0 spiro atoms. The topological polar surface area (TPSA) is 104 Å². The molecule has 10 atom stereocenters. The van der Waals surface area contributed by atoms with Crippen molar-refractivity contribution in [3.05, 3.63) is 23.8 Å². The number of methoxy groups -OCH3 is 2. The largest absolute Gasteiger partial charge is 0.462 e. The normalized spacial score (nSPS) is 35.7. The molecule has 1 fully saturated rings. The van der Waals surface area contributed by atoms with Crippen LogP contribution in [0.3, 0.4) is 0 Å². The third kappa shape index (κ3) is 11.4. The molecule has 0 aromatic rings. The lowest BCUT2D eigenvalue weighted by atomic mass is 9.80. The average Bonchev–Trinajstić information content (AvgIpc) is 2.97. The zero-order valence-electron chi connectivity index (χ0n) is 28.3. The first kappa shape index (κ1) is 37.6. The van der Waals surface area contributed by atoms with E-state index in [4.69, 9.17) is 23.7 Å². The number of hydrogen-bond donors (Lipinski definition) is 1. The molecular formula is C34H59NO8. The van der Waals surface area contributed by atoms with Crippen LogP contribution < -0.4 is 0 Å². The Kier molecular flexibility index (Phi) is 16.1. The number of hydrogen-bond acceptors (Lipinski definition) is 9. The van der Waals surface area contributed by atoms with Crippen molar-refractivity contribution in [3.8, 4) is 0 Å². The quantitative estimate of drug-likeness (QED) is 0.281. The zero-order valence-corrected chi connectivity index (χ0v) is 28.3. The molecule has 1 N–H and O–H groups in total. The summed E-state index contributed by atoms with van der Waals surface area (Å²) in [6.45, 7) is 12.0. The molecule has 9 nitrogen and oxygen atoms in total. The predicted molar refractivity (Wildman–Crippen MR) is 167 cm³/mol. The first-order valence-corrected chi connectivity index (χ1v) is 16.1. The van der Waals surface area contributed by atoms with Crippen molar-refractivity contribution in [1.82, 2.24) is 4.90 Å². The van der Waals surface area contributed by atoms with Gasteiger partial charge >= 0.3 is 5.97 Å². The van der Waals surface area contributed by atoms with Crippen LogP contribution in [0.5, 0.6) is 0 Å². The minimum atomic E-state index is -0.472. The van der Waals surface area contributed by atoms with E-state index in [1.54, 1.807) is 26.4 Å². The molecular weight excluding hydrogens is 550 g/mol. The lowest BCUT2D eigenvalue weighted by Gasteiger charge is -2.45. The molecule has 1 saturated heterocycles. The number of carbonyl (C=O) groups excluding carboxylic acids is 2. The Labute approximate surface area is 260 Å². The molecule has 43 heavy (non-hydrogen) atoms. The number of aliphatic hydroxyl groups is 1. The first-order chi connectivity index (χ1) is 20.3. The van der Waals surface area contributed by atoms with E-state index in [0.29, 0.717) is 31.7 Å². The Hall–Kier alpha value is -1.62. The van der Waals surface area contributed by atoms with Crippen molar-refractivity contribution in [2.24, 2.45) is 29.6 Å². The number of allylic oxidation sites excluding steroid dienone is 3. The van der Waals surface area contributed by atoms with Gasteiger partial charge in [-0.25, -0.2) is 0 Å². The van der Waals surface area contributed by atoms with Crippen LogP contribution in [0, 0.1) is 29.6 Å². The molecule has 0 saturated carbocycles. The molecule has 0 aromatic heterocycles. The van der Waals surface area contributed by atoms with Gasteiger partial charge in [0.05, 0.1) is 18.8 Å². The summed E-state index contributed by atoms with van der Waals surface area (Å²) in [5.41, 5.74) is 0.833. The van der Waals surface area contributed by atoms with Gasteiger partial charge in [0.1, 0.15) is 6.10 Å². The van der Waals surface area contributed by atoms with E-state index < -0.39 is 18.7 Å². The molecule has 0 aliphatic carbocycles. The highest BCUT2D eigenvalue weighted by atomic mass is 16.7. The Balaban J connectivity index is 2.52. The molecule has 2 aliphatic heterocycles. The van der Waals surface area contributed by atoms with E-state index in [1.165, 1.54) is 0 Å². The number of ether oxygens (including phenoxy) is 5. The van der Waals surface area contributed by atoms with E-state index in [1.807, 2.05) is 26.8 Å². The van der Waals surface area contributed by atoms with Crippen LogP contribution in [-0.2, 0) is 33.3 Å². The van der Waals surface area contributed by atoms with Gasteiger partial charge in [0.2, 0.25) is 0 Å². The van der Waals surface area contributed by atoms with Gasteiger partial charge in [0, 0.05) is 50.9 Å². The van der Waals surface area contributed by atoms with E-state index in [9.17, 15) is 14.7 Å².